The third-order valence-corrected chi connectivity index (χ3v) is 2.65. The maximum atomic E-state index is 11.8. The fourth-order valence-corrected chi connectivity index (χ4v) is 1.66. The van der Waals surface area contributed by atoms with Gasteiger partial charge in [-0.15, -0.1) is 0 Å². The van der Waals surface area contributed by atoms with Crippen LogP contribution in [0.25, 0.3) is 0 Å². The van der Waals surface area contributed by atoms with Crippen molar-refractivity contribution in [3.05, 3.63) is 53.9 Å². The molecule has 1 aromatic heterocycles. The van der Waals surface area contributed by atoms with E-state index in [0.717, 1.165) is 0 Å². The standard InChI is InChI=1S/C14H13N3O3/c1-9-4-5-10(7-12(9)13(18)19)16-14(20)17-11-3-2-6-15-8-11/h2-8H,1H3,(H,18,19)(H2,16,17,20). The first-order valence-corrected chi connectivity index (χ1v) is 5.88. The number of rotatable bonds is 3. The van der Waals surface area contributed by atoms with Gasteiger partial charge in [0.05, 0.1) is 17.4 Å². The van der Waals surface area contributed by atoms with Crippen LogP contribution in [0, 0.1) is 6.92 Å². The molecular weight excluding hydrogens is 258 g/mol. The van der Waals surface area contributed by atoms with Crippen molar-refractivity contribution < 1.29 is 14.7 Å². The molecular formula is C14H13N3O3. The quantitative estimate of drug-likeness (QED) is 0.800. The predicted octanol–water partition coefficient (Wildman–Crippen LogP) is 2.73. The van der Waals surface area contributed by atoms with E-state index in [1.54, 1.807) is 37.4 Å². The second kappa shape index (κ2) is 5.83. The van der Waals surface area contributed by atoms with Crippen molar-refractivity contribution in [1.29, 1.82) is 0 Å². The topological polar surface area (TPSA) is 91.3 Å². The van der Waals surface area contributed by atoms with Crippen LogP contribution in [-0.4, -0.2) is 22.1 Å². The Hall–Kier alpha value is -2.89. The molecule has 2 aromatic rings. The summed E-state index contributed by atoms with van der Waals surface area (Å²) in [6.45, 7) is 1.70. The number of urea groups is 1. The Labute approximate surface area is 115 Å². The summed E-state index contributed by atoms with van der Waals surface area (Å²) in [4.78, 5) is 26.6. The molecule has 2 amide bonds. The number of hydrogen-bond donors (Lipinski definition) is 3. The molecule has 0 radical (unpaired) electrons. The normalized spacial score (nSPS) is 9.85. The largest absolute Gasteiger partial charge is 0.478 e. The van der Waals surface area contributed by atoms with Crippen LogP contribution in [0.1, 0.15) is 15.9 Å². The second-order valence-electron chi connectivity index (χ2n) is 4.16. The fraction of sp³-hybridized carbons (Fsp3) is 0.0714. The first-order chi connectivity index (χ1) is 9.56. The molecule has 0 saturated heterocycles. The predicted molar refractivity (Wildman–Crippen MR) is 75.0 cm³/mol. The number of anilines is 2. The van der Waals surface area contributed by atoms with E-state index < -0.39 is 12.0 Å². The van der Waals surface area contributed by atoms with Gasteiger partial charge in [-0.05, 0) is 36.8 Å². The summed E-state index contributed by atoms with van der Waals surface area (Å²) in [5.41, 5.74) is 1.75. The number of carboxylic acids is 1. The maximum absolute atomic E-state index is 11.8. The molecule has 6 nitrogen and oxygen atoms in total. The Morgan fingerprint density at radius 3 is 2.55 bits per heavy atom. The number of amides is 2. The van der Waals surface area contributed by atoms with E-state index in [2.05, 4.69) is 15.6 Å². The zero-order valence-electron chi connectivity index (χ0n) is 10.8. The third-order valence-electron chi connectivity index (χ3n) is 2.65. The number of pyridine rings is 1. The number of aromatic carboxylic acids is 1. The lowest BCUT2D eigenvalue weighted by Crippen LogP contribution is -2.19. The van der Waals surface area contributed by atoms with E-state index in [9.17, 15) is 9.59 Å². The van der Waals surface area contributed by atoms with Crippen molar-refractivity contribution in [1.82, 2.24) is 4.98 Å². The van der Waals surface area contributed by atoms with E-state index in [1.807, 2.05) is 0 Å². The summed E-state index contributed by atoms with van der Waals surface area (Å²) in [6.07, 6.45) is 3.11. The zero-order valence-corrected chi connectivity index (χ0v) is 10.8. The van der Waals surface area contributed by atoms with Crippen molar-refractivity contribution in [2.45, 2.75) is 6.92 Å². The van der Waals surface area contributed by atoms with Crippen LogP contribution in [0.3, 0.4) is 0 Å². The van der Waals surface area contributed by atoms with Crippen LogP contribution in [0.4, 0.5) is 16.2 Å². The smallest absolute Gasteiger partial charge is 0.336 e. The van der Waals surface area contributed by atoms with Gasteiger partial charge in [0, 0.05) is 11.9 Å². The van der Waals surface area contributed by atoms with Gasteiger partial charge in [0.25, 0.3) is 0 Å². The SMILES string of the molecule is Cc1ccc(NC(=O)Nc2cccnc2)cc1C(=O)O. The summed E-state index contributed by atoms with van der Waals surface area (Å²) in [5.74, 6) is -1.03. The zero-order chi connectivity index (χ0) is 14.5. The van der Waals surface area contributed by atoms with E-state index in [-0.39, 0.29) is 5.56 Å². The molecule has 0 aliphatic carbocycles. The molecule has 3 N–H and O–H groups in total. The number of carboxylic acid groups (broad SMARTS) is 1. The minimum atomic E-state index is -1.03. The number of carbonyl (C=O) groups is 2. The minimum absolute atomic E-state index is 0.157. The Morgan fingerprint density at radius 1 is 1.15 bits per heavy atom. The number of nitrogens with one attached hydrogen (secondary N) is 2. The van der Waals surface area contributed by atoms with Gasteiger partial charge >= 0.3 is 12.0 Å². The van der Waals surface area contributed by atoms with Gasteiger partial charge in [0.15, 0.2) is 0 Å². The van der Waals surface area contributed by atoms with Gasteiger partial charge in [-0.25, -0.2) is 9.59 Å². The highest BCUT2D eigenvalue weighted by Gasteiger charge is 2.09. The van der Waals surface area contributed by atoms with Gasteiger partial charge in [-0.3, -0.25) is 4.98 Å². The van der Waals surface area contributed by atoms with Crippen LogP contribution in [-0.2, 0) is 0 Å². The molecule has 0 aliphatic heterocycles. The molecule has 102 valence electrons. The molecule has 0 atom stereocenters. The van der Waals surface area contributed by atoms with Crippen LogP contribution in [0.5, 0.6) is 0 Å². The summed E-state index contributed by atoms with van der Waals surface area (Å²) >= 11 is 0. The first-order valence-electron chi connectivity index (χ1n) is 5.88. The number of carbonyl (C=O) groups excluding carboxylic acids is 1. The Kier molecular flexibility index (Phi) is 3.95. The number of aryl methyl sites for hydroxylation is 1. The summed E-state index contributed by atoms with van der Waals surface area (Å²) in [6, 6.07) is 7.64. The molecule has 0 aliphatic rings. The lowest BCUT2D eigenvalue weighted by molar-refractivity contribution is 0.0696. The van der Waals surface area contributed by atoms with Crippen LogP contribution in [0.2, 0.25) is 0 Å². The van der Waals surface area contributed by atoms with E-state index in [1.165, 1.54) is 12.3 Å². The molecule has 1 heterocycles. The van der Waals surface area contributed by atoms with Gasteiger partial charge in [-0.1, -0.05) is 6.07 Å². The summed E-state index contributed by atoms with van der Waals surface area (Å²) in [7, 11) is 0. The molecule has 0 unspecified atom stereocenters. The van der Waals surface area contributed by atoms with Gasteiger partial charge < -0.3 is 15.7 Å². The molecule has 0 saturated carbocycles. The highest BCUT2D eigenvalue weighted by molar-refractivity contribution is 6.00. The number of nitrogens with zero attached hydrogens (tertiary/aromatic N) is 1. The Bertz CT molecular complexity index is 641. The van der Waals surface area contributed by atoms with Gasteiger partial charge in [-0.2, -0.15) is 0 Å². The number of benzene rings is 1. The average molecular weight is 271 g/mol. The minimum Gasteiger partial charge on any atom is -0.478 e. The Morgan fingerprint density at radius 2 is 1.90 bits per heavy atom. The van der Waals surface area contributed by atoms with Crippen molar-refractivity contribution >= 4 is 23.4 Å². The van der Waals surface area contributed by atoms with Crippen molar-refractivity contribution in [2.75, 3.05) is 10.6 Å². The average Bonchev–Trinajstić information content (AvgIpc) is 2.41. The monoisotopic (exact) mass is 271 g/mol. The highest BCUT2D eigenvalue weighted by atomic mass is 16.4. The van der Waals surface area contributed by atoms with Crippen molar-refractivity contribution in [3.63, 3.8) is 0 Å². The second-order valence-corrected chi connectivity index (χ2v) is 4.16. The van der Waals surface area contributed by atoms with Crippen LogP contribution < -0.4 is 10.6 Å². The molecule has 0 fully saturated rings. The number of aromatic nitrogens is 1. The highest BCUT2D eigenvalue weighted by Crippen LogP contribution is 2.15. The molecule has 2 rings (SSSR count). The van der Waals surface area contributed by atoms with Gasteiger partial charge in [0.1, 0.15) is 0 Å². The third kappa shape index (κ3) is 3.32. The number of hydrogen-bond acceptors (Lipinski definition) is 3. The summed E-state index contributed by atoms with van der Waals surface area (Å²) < 4.78 is 0. The van der Waals surface area contributed by atoms with Crippen molar-refractivity contribution in [3.8, 4) is 0 Å². The first kappa shape index (κ1) is 13.5. The van der Waals surface area contributed by atoms with E-state index >= 15 is 0 Å². The maximum Gasteiger partial charge on any atom is 0.336 e. The van der Waals surface area contributed by atoms with E-state index in [4.69, 9.17) is 5.11 Å². The lowest BCUT2D eigenvalue weighted by Gasteiger charge is -2.09. The van der Waals surface area contributed by atoms with E-state index in [0.29, 0.717) is 16.9 Å². The van der Waals surface area contributed by atoms with Gasteiger partial charge in [0.2, 0.25) is 0 Å². The lowest BCUT2D eigenvalue weighted by atomic mass is 10.1. The fourth-order valence-electron chi connectivity index (χ4n) is 1.66. The molecule has 0 bridgehead atoms. The van der Waals surface area contributed by atoms with Crippen molar-refractivity contribution in [2.24, 2.45) is 0 Å². The van der Waals surface area contributed by atoms with Crippen LogP contribution in [0.15, 0.2) is 42.7 Å². The molecule has 0 spiro atoms. The molecule has 6 heteroatoms. The van der Waals surface area contributed by atoms with Crippen LogP contribution >= 0.6 is 0 Å². The Balaban J connectivity index is 2.08. The molecule has 20 heavy (non-hydrogen) atoms. The summed E-state index contributed by atoms with van der Waals surface area (Å²) in [5, 5.41) is 14.2. The molecule has 1 aromatic carbocycles.